The molecule has 11 nitrogen and oxygen atoms in total. The van der Waals surface area contributed by atoms with Crippen LogP contribution in [0.3, 0.4) is 0 Å². The van der Waals surface area contributed by atoms with E-state index < -0.39 is 40.1 Å². The summed E-state index contributed by atoms with van der Waals surface area (Å²) >= 11 is 6.41. The predicted molar refractivity (Wildman–Crippen MR) is 183 cm³/mol. The van der Waals surface area contributed by atoms with Gasteiger partial charge in [-0.15, -0.1) is 0 Å². The van der Waals surface area contributed by atoms with Gasteiger partial charge < -0.3 is 24.7 Å². The molecule has 0 unspecified atom stereocenters. The number of fused-ring (bicyclic) bond motifs is 4. The van der Waals surface area contributed by atoms with Crippen molar-refractivity contribution >= 4 is 39.3 Å². The molecule has 1 spiro atoms. The second-order valence-corrected chi connectivity index (χ2v) is 16.4. The third-order valence-corrected chi connectivity index (χ3v) is 12.4. The first-order valence-electron chi connectivity index (χ1n) is 16.6. The topological polar surface area (TPSA) is 140 Å². The van der Waals surface area contributed by atoms with Crippen LogP contribution < -0.4 is 14.4 Å². The largest absolute Gasteiger partial charge is 0.490 e. The van der Waals surface area contributed by atoms with Gasteiger partial charge in [0.1, 0.15) is 5.75 Å². The minimum atomic E-state index is -4.29. The van der Waals surface area contributed by atoms with Crippen molar-refractivity contribution in [2.75, 3.05) is 52.3 Å². The number of hydrogen-bond donors (Lipinski definition) is 3. The molecule has 1 saturated carbocycles. The Labute approximate surface area is 287 Å². The first-order valence-corrected chi connectivity index (χ1v) is 18.4. The van der Waals surface area contributed by atoms with E-state index in [9.17, 15) is 28.2 Å². The Morgan fingerprint density at radius 3 is 2.69 bits per heavy atom. The number of carbonyl (C=O) groups excluding carboxylic acids is 2. The van der Waals surface area contributed by atoms with Crippen LogP contribution in [0.25, 0.3) is 0 Å². The van der Waals surface area contributed by atoms with Gasteiger partial charge in [-0.1, -0.05) is 35.9 Å². The summed E-state index contributed by atoms with van der Waals surface area (Å²) in [5.74, 6) is -0.988. The lowest BCUT2D eigenvalue weighted by Gasteiger charge is -2.45. The minimum Gasteiger partial charge on any atom is -0.490 e. The molecule has 2 bridgehead atoms. The highest BCUT2D eigenvalue weighted by Gasteiger charge is 2.47. The zero-order valence-electron chi connectivity index (χ0n) is 27.7. The SMILES string of the molecule is CN1CC/C=C/[C@H](O)[C@@H]2CC[C@H]2CN2C[C@@]3(CCCc4cc(Cl)ccc43)COc3ccc(cc32)[C@@](O)(C(=O)NS(=O)(=O)N(C)C)CC1=O. The molecule has 260 valence electrons. The normalized spacial score (nSPS) is 30.1. The van der Waals surface area contributed by atoms with E-state index in [1.54, 1.807) is 25.3 Å². The van der Waals surface area contributed by atoms with E-state index >= 15 is 0 Å². The van der Waals surface area contributed by atoms with Crippen molar-refractivity contribution in [3.05, 3.63) is 70.3 Å². The predicted octanol–water partition coefficient (Wildman–Crippen LogP) is 3.12. The quantitative estimate of drug-likeness (QED) is 0.416. The number of benzene rings is 2. The van der Waals surface area contributed by atoms with Gasteiger partial charge in [-0.3, -0.25) is 9.59 Å². The van der Waals surface area contributed by atoms with Crippen LogP contribution in [0.2, 0.25) is 5.02 Å². The van der Waals surface area contributed by atoms with Crippen molar-refractivity contribution < 1.29 is 33.0 Å². The zero-order chi connectivity index (χ0) is 34.4. The molecule has 5 atom stereocenters. The Balaban J connectivity index is 1.48. The number of rotatable bonds is 3. The molecule has 2 amide bonds. The van der Waals surface area contributed by atoms with Crippen molar-refractivity contribution in [1.29, 1.82) is 0 Å². The molecule has 2 aliphatic heterocycles. The van der Waals surface area contributed by atoms with E-state index in [1.807, 2.05) is 22.9 Å². The molecule has 1 fully saturated rings. The van der Waals surface area contributed by atoms with Crippen LogP contribution in [0.4, 0.5) is 5.69 Å². The highest BCUT2D eigenvalue weighted by molar-refractivity contribution is 7.87. The number of amides is 2. The molecule has 6 rings (SSSR count). The summed E-state index contributed by atoms with van der Waals surface area (Å²) in [5.41, 5.74) is 0.196. The molecule has 13 heteroatoms. The second-order valence-electron chi connectivity index (χ2n) is 14.1. The average molecular weight is 701 g/mol. The number of aliphatic hydroxyl groups is 2. The van der Waals surface area contributed by atoms with Crippen molar-refractivity contribution in [3.63, 3.8) is 0 Å². The van der Waals surface area contributed by atoms with E-state index in [4.69, 9.17) is 16.3 Å². The second kappa shape index (κ2) is 13.3. The first kappa shape index (κ1) is 34.7. The van der Waals surface area contributed by atoms with Gasteiger partial charge in [0.2, 0.25) is 5.91 Å². The van der Waals surface area contributed by atoms with Gasteiger partial charge in [0.25, 0.3) is 5.91 Å². The number of hydrogen-bond acceptors (Lipinski definition) is 8. The van der Waals surface area contributed by atoms with Gasteiger partial charge in [-0.2, -0.15) is 12.7 Å². The maximum atomic E-state index is 13.8. The monoisotopic (exact) mass is 700 g/mol. The van der Waals surface area contributed by atoms with E-state index in [-0.39, 0.29) is 29.4 Å². The Bertz CT molecular complexity index is 1720. The van der Waals surface area contributed by atoms with E-state index in [1.165, 1.54) is 36.2 Å². The molecular formula is C35H45ClN4O7S. The van der Waals surface area contributed by atoms with E-state index in [0.717, 1.165) is 36.4 Å². The summed E-state index contributed by atoms with van der Waals surface area (Å²) in [6, 6.07) is 10.9. The number of ether oxygens (including phenoxy) is 1. The van der Waals surface area contributed by atoms with Crippen LogP contribution in [0.15, 0.2) is 48.6 Å². The van der Waals surface area contributed by atoms with Crippen LogP contribution in [0.5, 0.6) is 5.75 Å². The number of nitrogens with one attached hydrogen (secondary N) is 1. The molecule has 2 aromatic carbocycles. The standard InChI is InChI=1S/C35H45ClN4O7S/c1-38(2)48(45,46)37-33(43)35(44)19-32(42)39(3)16-5-4-8-30(41)27-12-9-24(27)20-40-21-34(22-47-31-14-10-25(35)18-29(31)40)15-6-7-23-17-26(36)11-13-28(23)34/h4,8,10-11,13-14,17-18,24,27,30,41,44H,5-7,9,12,15-16,19-22H2,1-3H3,(H,37,43)/b8-4+/t24-,27+,30-,34-,35+/m0/s1. The third kappa shape index (κ3) is 6.57. The number of aliphatic hydroxyl groups excluding tert-OH is 1. The van der Waals surface area contributed by atoms with Gasteiger partial charge in [-0.05, 0) is 91.3 Å². The van der Waals surface area contributed by atoms with E-state index in [0.29, 0.717) is 42.6 Å². The molecule has 0 saturated heterocycles. The zero-order valence-corrected chi connectivity index (χ0v) is 29.3. The van der Waals surface area contributed by atoms with Crippen molar-refractivity contribution in [3.8, 4) is 5.75 Å². The molecule has 3 N–H and O–H groups in total. The van der Waals surface area contributed by atoms with Crippen molar-refractivity contribution in [1.82, 2.24) is 13.9 Å². The lowest BCUT2D eigenvalue weighted by molar-refractivity contribution is -0.148. The van der Waals surface area contributed by atoms with Gasteiger partial charge in [0.15, 0.2) is 5.60 Å². The Hall–Kier alpha value is -3.16. The van der Waals surface area contributed by atoms with Gasteiger partial charge in [0, 0.05) is 51.2 Å². The smallest absolute Gasteiger partial charge is 0.303 e. The fraction of sp³-hybridized carbons (Fsp3) is 0.543. The summed E-state index contributed by atoms with van der Waals surface area (Å²) in [5, 5.41) is 24.0. The van der Waals surface area contributed by atoms with E-state index in [2.05, 4.69) is 11.0 Å². The number of halogens is 1. The Morgan fingerprint density at radius 2 is 1.96 bits per heavy atom. The molecule has 2 aromatic rings. The van der Waals surface area contributed by atoms with Crippen molar-refractivity contribution in [2.24, 2.45) is 11.8 Å². The van der Waals surface area contributed by atoms with Crippen LogP contribution in [-0.4, -0.2) is 93.1 Å². The molecular weight excluding hydrogens is 656 g/mol. The summed E-state index contributed by atoms with van der Waals surface area (Å²) in [6.45, 7) is 1.86. The Kier molecular flexibility index (Phi) is 9.60. The van der Waals surface area contributed by atoms with Gasteiger partial charge >= 0.3 is 10.2 Å². The molecule has 2 heterocycles. The first-order chi connectivity index (χ1) is 22.7. The van der Waals surface area contributed by atoms with Crippen LogP contribution in [0, 0.1) is 11.8 Å². The molecule has 0 aromatic heterocycles. The maximum absolute atomic E-state index is 13.8. The summed E-state index contributed by atoms with van der Waals surface area (Å²) in [6.07, 6.45) is 7.40. The van der Waals surface area contributed by atoms with Crippen molar-refractivity contribution in [2.45, 2.75) is 62.1 Å². The molecule has 2 aliphatic carbocycles. The fourth-order valence-corrected chi connectivity index (χ4v) is 8.44. The highest BCUT2D eigenvalue weighted by atomic mass is 35.5. The van der Waals surface area contributed by atoms with Gasteiger partial charge in [-0.25, -0.2) is 4.72 Å². The highest BCUT2D eigenvalue weighted by Crippen LogP contribution is 2.47. The summed E-state index contributed by atoms with van der Waals surface area (Å²) in [7, 11) is -0.195. The number of carbonyl (C=O) groups is 2. The number of anilines is 1. The summed E-state index contributed by atoms with van der Waals surface area (Å²) < 4.78 is 34.9. The van der Waals surface area contributed by atoms with Crippen LogP contribution in [-0.2, 0) is 37.2 Å². The lowest BCUT2D eigenvalue weighted by atomic mass is 9.68. The van der Waals surface area contributed by atoms with Gasteiger partial charge in [0.05, 0.1) is 24.8 Å². The molecule has 48 heavy (non-hydrogen) atoms. The lowest BCUT2D eigenvalue weighted by Crippen LogP contribution is -2.52. The summed E-state index contributed by atoms with van der Waals surface area (Å²) in [4.78, 5) is 30.9. The molecule has 4 aliphatic rings. The van der Waals surface area contributed by atoms with Crippen LogP contribution >= 0.6 is 11.6 Å². The minimum absolute atomic E-state index is 0.0525. The Morgan fingerprint density at radius 1 is 1.17 bits per heavy atom. The number of aryl methyl sites for hydroxylation is 1. The number of nitrogens with zero attached hydrogens (tertiary/aromatic N) is 3. The maximum Gasteiger partial charge on any atom is 0.303 e. The fourth-order valence-electron chi connectivity index (χ4n) is 7.66. The third-order valence-electron chi connectivity index (χ3n) is 10.8. The molecule has 0 radical (unpaired) electrons. The average Bonchev–Trinajstić information content (AvgIpc) is 3.17. The van der Waals surface area contributed by atoms with Crippen LogP contribution in [0.1, 0.15) is 55.2 Å².